The summed E-state index contributed by atoms with van der Waals surface area (Å²) in [7, 11) is 0. The summed E-state index contributed by atoms with van der Waals surface area (Å²) in [5, 5.41) is 12.4. The van der Waals surface area contributed by atoms with Gasteiger partial charge in [-0.25, -0.2) is 0 Å². The van der Waals surface area contributed by atoms with Gasteiger partial charge >= 0.3 is 0 Å². The first-order valence-corrected chi connectivity index (χ1v) is 10.4. The maximum absolute atomic E-state index is 12.8. The van der Waals surface area contributed by atoms with Crippen LogP contribution in [0.25, 0.3) is 0 Å². The molecule has 0 bridgehead atoms. The predicted molar refractivity (Wildman–Crippen MR) is 109 cm³/mol. The molecule has 0 aliphatic carbocycles. The molecule has 1 aromatic heterocycles. The fourth-order valence-corrected chi connectivity index (χ4v) is 3.78. The highest BCUT2D eigenvalue weighted by Gasteiger charge is 2.21. The lowest BCUT2D eigenvalue weighted by Crippen LogP contribution is -2.17. The van der Waals surface area contributed by atoms with E-state index in [1.54, 1.807) is 12.1 Å². The molecule has 9 heteroatoms. The van der Waals surface area contributed by atoms with Crippen molar-refractivity contribution in [1.82, 2.24) is 10.2 Å². The van der Waals surface area contributed by atoms with Crippen molar-refractivity contribution in [3.05, 3.63) is 17.7 Å². The quantitative estimate of drug-likeness (QED) is 0.681. The largest absolute Gasteiger partial charge is 0.490 e. The zero-order valence-corrected chi connectivity index (χ0v) is 17.3. The Balaban J connectivity index is 1.81. The molecule has 1 N–H and O–H groups in total. The molecule has 152 valence electrons. The van der Waals surface area contributed by atoms with Crippen LogP contribution < -0.4 is 24.4 Å². The molecule has 1 aliphatic heterocycles. The molecular weight excluding hydrogens is 380 g/mol. The van der Waals surface area contributed by atoms with Crippen LogP contribution in [0.5, 0.6) is 17.2 Å². The second-order valence-corrected chi connectivity index (χ2v) is 7.09. The highest BCUT2D eigenvalue weighted by molar-refractivity contribution is 7.19. The predicted octanol–water partition coefficient (Wildman–Crippen LogP) is 3.59. The molecule has 2 aromatic rings. The maximum atomic E-state index is 12.8. The van der Waals surface area contributed by atoms with Crippen molar-refractivity contribution < 1.29 is 19.0 Å². The summed E-state index contributed by atoms with van der Waals surface area (Å²) in [6.07, 6.45) is 2.32. The number of nitrogens with one attached hydrogen (secondary N) is 1. The Morgan fingerprint density at radius 3 is 2.21 bits per heavy atom. The van der Waals surface area contributed by atoms with Crippen LogP contribution in [0.3, 0.4) is 0 Å². The van der Waals surface area contributed by atoms with Crippen LogP contribution in [0, 0.1) is 0 Å². The Hall–Kier alpha value is -2.55. The number of benzene rings is 1. The normalized spacial score (nSPS) is 13.5. The Morgan fingerprint density at radius 1 is 1.04 bits per heavy atom. The third-order valence-corrected chi connectivity index (χ3v) is 5.08. The number of ether oxygens (including phenoxy) is 3. The summed E-state index contributed by atoms with van der Waals surface area (Å²) in [6.45, 7) is 8.98. The van der Waals surface area contributed by atoms with Crippen molar-refractivity contribution in [2.45, 2.75) is 33.6 Å². The van der Waals surface area contributed by atoms with Crippen LogP contribution in [-0.4, -0.2) is 49.0 Å². The first kappa shape index (κ1) is 20.2. The van der Waals surface area contributed by atoms with Gasteiger partial charge in [0.25, 0.3) is 5.91 Å². The van der Waals surface area contributed by atoms with Gasteiger partial charge in [0.05, 0.1) is 19.8 Å². The van der Waals surface area contributed by atoms with Gasteiger partial charge in [0.2, 0.25) is 16.0 Å². The molecular formula is C19H26N4O4S. The molecule has 0 radical (unpaired) electrons. The van der Waals surface area contributed by atoms with E-state index >= 15 is 0 Å². The van der Waals surface area contributed by atoms with E-state index in [1.165, 1.54) is 11.3 Å². The number of carbonyl (C=O) groups is 1. The summed E-state index contributed by atoms with van der Waals surface area (Å²) in [5.74, 6) is 1.18. The van der Waals surface area contributed by atoms with Crippen molar-refractivity contribution in [2.24, 2.45) is 0 Å². The SMILES string of the molecule is CCOc1cc(C(=O)Nc2nnc(N3CCCC3)s2)cc(OCC)c1OCC. The first-order chi connectivity index (χ1) is 13.7. The minimum absolute atomic E-state index is 0.297. The lowest BCUT2D eigenvalue weighted by molar-refractivity contribution is 0.102. The van der Waals surface area contributed by atoms with Gasteiger partial charge in [0, 0.05) is 18.7 Å². The highest BCUT2D eigenvalue weighted by atomic mass is 32.1. The summed E-state index contributed by atoms with van der Waals surface area (Å²) in [5.41, 5.74) is 0.410. The summed E-state index contributed by atoms with van der Waals surface area (Å²) >= 11 is 1.38. The van der Waals surface area contributed by atoms with Gasteiger partial charge in [0.15, 0.2) is 11.5 Å². The number of anilines is 2. The molecule has 0 saturated carbocycles. The zero-order chi connectivity index (χ0) is 19.9. The molecule has 3 rings (SSSR count). The monoisotopic (exact) mass is 406 g/mol. The van der Waals surface area contributed by atoms with Gasteiger partial charge in [-0.15, -0.1) is 10.2 Å². The number of aromatic nitrogens is 2. The van der Waals surface area contributed by atoms with Crippen molar-refractivity contribution in [2.75, 3.05) is 43.1 Å². The van der Waals surface area contributed by atoms with Gasteiger partial charge in [-0.1, -0.05) is 11.3 Å². The molecule has 1 aliphatic rings. The molecule has 2 heterocycles. The second kappa shape index (κ2) is 9.59. The Kier molecular flexibility index (Phi) is 6.91. The molecule has 1 saturated heterocycles. The molecule has 0 spiro atoms. The number of rotatable bonds is 9. The van der Waals surface area contributed by atoms with E-state index in [4.69, 9.17) is 14.2 Å². The van der Waals surface area contributed by atoms with E-state index in [-0.39, 0.29) is 5.91 Å². The minimum Gasteiger partial charge on any atom is -0.490 e. The third kappa shape index (κ3) is 4.64. The van der Waals surface area contributed by atoms with E-state index in [9.17, 15) is 4.79 Å². The van der Waals surface area contributed by atoms with Gasteiger partial charge in [-0.05, 0) is 45.7 Å². The smallest absolute Gasteiger partial charge is 0.257 e. The molecule has 8 nitrogen and oxygen atoms in total. The number of hydrogen-bond acceptors (Lipinski definition) is 8. The Labute approximate surface area is 168 Å². The van der Waals surface area contributed by atoms with Crippen molar-refractivity contribution in [1.29, 1.82) is 0 Å². The molecule has 1 fully saturated rings. The summed E-state index contributed by atoms with van der Waals surface area (Å²) in [4.78, 5) is 15.0. The lowest BCUT2D eigenvalue weighted by Gasteiger charge is -2.16. The Morgan fingerprint density at radius 2 is 1.64 bits per heavy atom. The molecule has 28 heavy (non-hydrogen) atoms. The van der Waals surface area contributed by atoms with Crippen LogP contribution in [-0.2, 0) is 0 Å². The van der Waals surface area contributed by atoms with Gasteiger partial charge in [-0.2, -0.15) is 0 Å². The molecule has 1 amide bonds. The number of carbonyl (C=O) groups excluding carboxylic acids is 1. The topological polar surface area (TPSA) is 85.8 Å². The number of hydrogen-bond donors (Lipinski definition) is 1. The van der Waals surface area contributed by atoms with E-state index in [1.807, 2.05) is 20.8 Å². The zero-order valence-electron chi connectivity index (χ0n) is 16.5. The fraction of sp³-hybridized carbons (Fsp3) is 0.526. The minimum atomic E-state index is -0.297. The first-order valence-electron chi connectivity index (χ1n) is 9.62. The molecule has 0 unspecified atom stereocenters. The van der Waals surface area contributed by atoms with Gasteiger partial charge in [0.1, 0.15) is 0 Å². The molecule has 1 aromatic carbocycles. The van der Waals surface area contributed by atoms with Crippen LogP contribution in [0.15, 0.2) is 12.1 Å². The highest BCUT2D eigenvalue weighted by Crippen LogP contribution is 2.39. The summed E-state index contributed by atoms with van der Waals surface area (Å²) < 4.78 is 17.0. The van der Waals surface area contributed by atoms with E-state index in [2.05, 4.69) is 20.4 Å². The molecule has 0 atom stereocenters. The lowest BCUT2D eigenvalue weighted by atomic mass is 10.1. The number of nitrogens with zero attached hydrogens (tertiary/aromatic N) is 3. The van der Waals surface area contributed by atoms with E-state index < -0.39 is 0 Å². The van der Waals surface area contributed by atoms with Crippen LogP contribution in [0.2, 0.25) is 0 Å². The third-order valence-electron chi connectivity index (χ3n) is 4.18. The maximum Gasteiger partial charge on any atom is 0.257 e. The Bertz CT molecular complexity index is 778. The fourth-order valence-electron chi connectivity index (χ4n) is 2.99. The van der Waals surface area contributed by atoms with Gasteiger partial charge in [-0.3, -0.25) is 10.1 Å². The second-order valence-electron chi connectivity index (χ2n) is 6.14. The van der Waals surface area contributed by atoms with Crippen molar-refractivity contribution in [3.8, 4) is 17.2 Å². The van der Waals surface area contributed by atoms with Gasteiger partial charge < -0.3 is 19.1 Å². The van der Waals surface area contributed by atoms with Crippen LogP contribution in [0.4, 0.5) is 10.3 Å². The van der Waals surface area contributed by atoms with Crippen molar-refractivity contribution in [3.63, 3.8) is 0 Å². The van der Waals surface area contributed by atoms with Crippen LogP contribution in [0.1, 0.15) is 44.0 Å². The average Bonchev–Trinajstić information content (AvgIpc) is 3.36. The standard InChI is InChI=1S/C19H26N4O4S/c1-4-25-14-11-13(12-15(26-5-2)16(14)27-6-3)17(24)20-18-21-22-19(28-18)23-9-7-8-10-23/h11-12H,4-10H2,1-3H3,(H,20,21,24). The van der Waals surface area contributed by atoms with Crippen molar-refractivity contribution >= 4 is 27.5 Å². The summed E-state index contributed by atoms with van der Waals surface area (Å²) in [6, 6.07) is 3.32. The van der Waals surface area contributed by atoms with Crippen LogP contribution >= 0.6 is 11.3 Å². The van der Waals surface area contributed by atoms with E-state index in [0.717, 1.165) is 31.1 Å². The van der Waals surface area contributed by atoms with E-state index in [0.29, 0.717) is 47.8 Å². The number of amides is 1. The average molecular weight is 407 g/mol.